The number of rotatable bonds is 89. The molecule has 0 aliphatic carbocycles. The molecule has 0 aliphatic heterocycles. The maximum absolute atomic E-state index is 18.2. The van der Waals surface area contributed by atoms with E-state index in [0.717, 1.165) is 18.6 Å². The summed E-state index contributed by atoms with van der Waals surface area (Å²) >= 11 is 0. The molecule has 1 unspecified atom stereocenters. The van der Waals surface area contributed by atoms with Gasteiger partial charge in [-0.1, -0.05) is 571 Å². The van der Waals surface area contributed by atoms with Crippen molar-refractivity contribution in [2.24, 2.45) is 108 Å². The minimum absolute atomic E-state index is 0.0452. The van der Waals surface area contributed by atoms with Gasteiger partial charge in [-0.25, -0.2) is 0 Å². The van der Waals surface area contributed by atoms with Crippen LogP contribution in [0.4, 0.5) is 0 Å². The molecule has 2 aromatic carbocycles. The molecule has 142 heavy (non-hydrogen) atoms. The molecule has 0 fully saturated rings. The van der Waals surface area contributed by atoms with E-state index in [9.17, 15) is 0 Å². The molecule has 0 spiro atoms. The molecule has 2 rings (SSSR count). The molecule has 0 saturated carbocycles. The highest BCUT2D eigenvalue weighted by Crippen LogP contribution is 2.75. The number of unbranched alkanes of at least 4 members (excludes halogenated alkanes) is 2. The number of fused-ring (bicyclic) bond motifs is 1. The van der Waals surface area contributed by atoms with Crippen molar-refractivity contribution in [3.63, 3.8) is 0 Å². The lowest BCUT2D eigenvalue weighted by atomic mass is 9.41. The Morgan fingerprint density at radius 2 is 0.387 bits per heavy atom. The van der Waals surface area contributed by atoms with E-state index in [1.165, 1.54) is 396 Å². The number of benzene rings is 2. The smallest absolute Gasteiger partial charge is 0.311 e. The molecule has 0 N–H and O–H groups in total. The van der Waals surface area contributed by atoms with Crippen molar-refractivity contribution in [3.8, 4) is 5.75 Å². The number of hydrogen-bond acceptors (Lipinski definition) is 4. The summed E-state index contributed by atoms with van der Waals surface area (Å²) < 4.78 is 20.8. The molecule has 4 nitrogen and oxygen atoms in total. The van der Waals surface area contributed by atoms with E-state index >= 15 is 4.79 Å². The van der Waals surface area contributed by atoms with Crippen LogP contribution in [-0.4, -0.2) is 32.4 Å². The van der Waals surface area contributed by atoms with E-state index in [1.807, 2.05) is 0 Å². The molecule has 0 amide bonds. The number of carbonyl (C=O) groups is 1. The second-order valence-corrected chi connectivity index (χ2v) is 52.8. The van der Waals surface area contributed by atoms with Crippen LogP contribution in [0.2, 0.25) is 0 Å². The zero-order chi connectivity index (χ0) is 108. The van der Waals surface area contributed by atoms with Gasteiger partial charge >= 0.3 is 5.97 Å². The van der Waals surface area contributed by atoms with Crippen molar-refractivity contribution >= 4 is 16.7 Å². The van der Waals surface area contributed by atoms with Gasteiger partial charge in [0.25, 0.3) is 0 Å². The van der Waals surface area contributed by atoms with Crippen LogP contribution in [0.3, 0.4) is 0 Å². The average Bonchev–Trinajstić information content (AvgIpc) is 0.711. The number of ether oxygens (including phenoxy) is 3. The first kappa shape index (κ1) is 136. The van der Waals surface area contributed by atoms with Crippen molar-refractivity contribution in [1.82, 2.24) is 0 Å². The first-order valence-corrected chi connectivity index (χ1v) is 64.2. The first-order valence-electron chi connectivity index (χ1n) is 64.2. The lowest BCUT2D eigenvalue weighted by molar-refractivity contribution is -0.166. The highest BCUT2D eigenvalue weighted by molar-refractivity contribution is 5.83. The minimum atomic E-state index is -0.876. The lowest BCUT2D eigenvalue weighted by Crippen LogP contribution is -2.54. The lowest BCUT2D eigenvalue weighted by Gasteiger charge is -2.64. The topological polar surface area (TPSA) is 44.8 Å². The summed E-state index contributed by atoms with van der Waals surface area (Å²) in [6.45, 7) is 112. The predicted octanol–water partition coefficient (Wildman–Crippen LogP) is 47.5. The number of esters is 1. The first-order chi connectivity index (χ1) is 67.3. The largest absolute Gasteiger partial charge is 0.491 e. The predicted molar refractivity (Wildman–Crippen MR) is 639 cm³/mol. The summed E-state index contributed by atoms with van der Waals surface area (Å²) in [5.41, 5.74) is -0.301. The fourth-order valence-corrected chi connectivity index (χ4v) is 34.9. The maximum atomic E-state index is 18.2. The van der Waals surface area contributed by atoms with Gasteiger partial charge < -0.3 is 14.2 Å². The van der Waals surface area contributed by atoms with Crippen molar-refractivity contribution in [3.05, 3.63) is 42.5 Å². The second kappa shape index (κ2) is 62.3. The third-order valence-electron chi connectivity index (χ3n) is 48.0. The van der Waals surface area contributed by atoms with E-state index in [4.69, 9.17) is 14.2 Å². The van der Waals surface area contributed by atoms with Gasteiger partial charge in [0.1, 0.15) is 19.0 Å². The van der Waals surface area contributed by atoms with Gasteiger partial charge in [0.15, 0.2) is 0 Å². The highest BCUT2D eigenvalue weighted by Gasteiger charge is 2.64. The normalized spacial score (nSPS) is 14.7. The van der Waals surface area contributed by atoms with Gasteiger partial charge in [0.2, 0.25) is 0 Å². The molecule has 838 valence electrons. The SMILES string of the molecule is CCCCCC(CC)(CC)CC(CC(CC(CC)(CC)CC)(CC(CC)(CC)CC)CC(CC)(CC)CC)(CC(CC(CC)(CC)CC)(CC(CC)(CC)CC)CC(CC)(CC)CC)CC(CC(CC(CC)(CC)CC)(CC(CC)(CC)CC)CC(CC)(CC)CC)(CC(CC(CC)(CC)CC)(CC(CC)(CC)CC)CC(CC)(CC)CC)CC(C)(CC)C(=O)OCCOCCOc1ccc2ccccc2c1. The third-order valence-corrected chi connectivity index (χ3v) is 48.0. The van der Waals surface area contributed by atoms with Crippen LogP contribution >= 0.6 is 0 Å². The fourth-order valence-electron chi connectivity index (χ4n) is 34.9. The van der Waals surface area contributed by atoms with Crippen molar-refractivity contribution < 1.29 is 19.0 Å². The zero-order valence-electron chi connectivity index (χ0n) is 105. The van der Waals surface area contributed by atoms with Gasteiger partial charge in [-0.05, 0) is 268 Å². The summed E-state index contributed by atoms with van der Waals surface area (Å²) in [4.78, 5) is 18.2. The molecule has 0 aliphatic rings. The molecule has 2 aromatic rings. The van der Waals surface area contributed by atoms with Crippen LogP contribution in [0, 0.1) is 108 Å². The minimum Gasteiger partial charge on any atom is -0.491 e. The molecule has 0 bridgehead atoms. The van der Waals surface area contributed by atoms with Crippen LogP contribution in [0.15, 0.2) is 42.5 Å². The van der Waals surface area contributed by atoms with E-state index in [1.54, 1.807) is 0 Å². The fraction of sp³-hybridized carbons (Fsp3) is 0.920. The zero-order valence-corrected chi connectivity index (χ0v) is 105. The molecule has 0 heterocycles. The Bertz CT molecular complexity index is 3100. The van der Waals surface area contributed by atoms with Crippen LogP contribution in [0.5, 0.6) is 5.75 Å². The van der Waals surface area contributed by atoms with Gasteiger partial charge in [-0.3, -0.25) is 4.79 Å². The van der Waals surface area contributed by atoms with Gasteiger partial charge in [-0.15, -0.1) is 0 Å². The van der Waals surface area contributed by atoms with Gasteiger partial charge in [0, 0.05) is 0 Å². The number of carbonyl (C=O) groups excluding carboxylic acids is 1. The van der Waals surface area contributed by atoms with Crippen molar-refractivity contribution in [1.29, 1.82) is 0 Å². The quantitative estimate of drug-likeness (QED) is 0.0489. The molecular weight excluding hydrogens is 1720 g/mol. The summed E-state index contributed by atoms with van der Waals surface area (Å²) in [5, 5.41) is 2.40. The molecule has 0 aromatic heterocycles. The Labute approximate surface area is 894 Å². The number of hydrogen-bond donors (Lipinski definition) is 0. The van der Waals surface area contributed by atoms with Gasteiger partial charge in [0.05, 0.1) is 18.6 Å². The average molecular weight is 1990 g/mol. The Kier molecular flexibility index (Phi) is 59.7. The second-order valence-electron chi connectivity index (χ2n) is 52.8. The Hall–Kier alpha value is -2.07. The molecular formula is C138H262O4. The van der Waals surface area contributed by atoms with Crippen LogP contribution in [0.25, 0.3) is 10.8 Å². The van der Waals surface area contributed by atoms with E-state index in [2.05, 4.69) is 326 Å². The van der Waals surface area contributed by atoms with Crippen LogP contribution in [0.1, 0.15) is 682 Å². The standard InChI is InChI=1S/C138H262O4/c1-42-82-85-90-132(80-39,81-40)109-138(113-136(103-126(62-21,63-22)64-23,104-127(65-24,66-25)67-26)105-128(68-27,69-28)70-29,114-137(106-129(71-30,72-31)73-32,107-130(74-33,75-34)76-35)108-131(77-36,78-37)79-38)112-133(96-119(41,43-2)118(139)142-94-92-140-91-93-141-117-89-88-115-86-83-84-87-116(115)95-117,110-134(97-120(44-3,45-4)46-5,98-121(47-6,48-7)49-8)99-122(50-9,51-10)52-11)111-135(100-123(53-12,54-13)55-14,101-124(56-15,57-16)58-17)102-125(59-18,60-19)61-20/h83-84,86-89,95H,42-82,85,90-94,96-114H2,1-41H3. The van der Waals surface area contributed by atoms with Crippen LogP contribution < -0.4 is 4.74 Å². The third kappa shape index (κ3) is 35.2. The van der Waals surface area contributed by atoms with Gasteiger partial charge in [-0.2, -0.15) is 0 Å². The van der Waals surface area contributed by atoms with Crippen molar-refractivity contribution in [2.75, 3.05) is 26.4 Å². The van der Waals surface area contributed by atoms with E-state index in [0.29, 0.717) is 19.8 Å². The van der Waals surface area contributed by atoms with Crippen molar-refractivity contribution in [2.45, 2.75) is 682 Å². The Morgan fingerprint density at radius 3 is 0.592 bits per heavy atom. The molecule has 4 heteroatoms. The monoisotopic (exact) mass is 1980 g/mol. The molecule has 0 radical (unpaired) electrons. The molecule has 0 saturated heterocycles. The summed E-state index contributed by atoms with van der Waals surface area (Å²) in [5.74, 6) is 0.907. The summed E-state index contributed by atoms with van der Waals surface area (Å²) in [7, 11) is 0. The van der Waals surface area contributed by atoms with Crippen LogP contribution in [-0.2, 0) is 14.3 Å². The summed E-state index contributed by atoms with van der Waals surface area (Å²) in [6.07, 6.45) is 75.5. The highest BCUT2D eigenvalue weighted by atomic mass is 16.6. The van der Waals surface area contributed by atoms with E-state index < -0.39 is 10.8 Å². The Balaban J connectivity index is 5.06. The van der Waals surface area contributed by atoms with E-state index in [-0.39, 0.29) is 110 Å². The maximum Gasteiger partial charge on any atom is 0.311 e. The summed E-state index contributed by atoms with van der Waals surface area (Å²) in [6, 6.07) is 15.0. The molecule has 1 atom stereocenters. The Morgan fingerprint density at radius 1 is 0.197 bits per heavy atom.